The van der Waals surface area contributed by atoms with Gasteiger partial charge in [-0.1, -0.05) is 25.1 Å². The Labute approximate surface area is 179 Å². The van der Waals surface area contributed by atoms with E-state index in [4.69, 9.17) is 9.47 Å². The number of ether oxygens (including phenoxy) is 2. The number of hydrogen-bond acceptors (Lipinski definition) is 5. The number of nitrogens with zero attached hydrogens (tertiary/aromatic N) is 1. The fourth-order valence-corrected chi connectivity index (χ4v) is 3.94. The van der Waals surface area contributed by atoms with Gasteiger partial charge < -0.3 is 20.1 Å². The standard InChI is InChI=1S/C22H31N3O4S/c1-6-11-29-19-9-7-18(13-20(19)28-4)15-25-22(23-3)24-14-17-8-10-21(16(2)12-17)30(5,26)27/h7-10,12-13H,6,11,14-15H2,1-5H3,(H2,23,24,25). The average Bonchev–Trinajstić information content (AvgIpc) is 2.71. The Morgan fingerprint density at radius 3 is 2.20 bits per heavy atom. The summed E-state index contributed by atoms with van der Waals surface area (Å²) in [6.45, 7) is 5.60. The molecule has 7 nitrogen and oxygen atoms in total. The van der Waals surface area contributed by atoms with Crippen molar-refractivity contribution in [2.45, 2.75) is 38.3 Å². The number of hydrogen-bond donors (Lipinski definition) is 2. The molecular weight excluding hydrogens is 402 g/mol. The molecule has 0 heterocycles. The number of guanidine groups is 1. The summed E-state index contributed by atoms with van der Waals surface area (Å²) in [5.41, 5.74) is 2.74. The average molecular weight is 434 g/mol. The summed E-state index contributed by atoms with van der Waals surface area (Å²) >= 11 is 0. The maximum atomic E-state index is 11.8. The predicted octanol–water partition coefficient (Wildman–Crippen LogP) is 3.06. The first-order chi connectivity index (χ1) is 14.3. The molecule has 0 aliphatic heterocycles. The summed E-state index contributed by atoms with van der Waals surface area (Å²) in [4.78, 5) is 4.60. The van der Waals surface area contributed by atoms with E-state index >= 15 is 0 Å². The van der Waals surface area contributed by atoms with Crippen molar-refractivity contribution in [3.05, 3.63) is 53.1 Å². The van der Waals surface area contributed by atoms with Gasteiger partial charge in [0.2, 0.25) is 0 Å². The molecule has 0 atom stereocenters. The van der Waals surface area contributed by atoms with Crippen molar-refractivity contribution in [1.82, 2.24) is 10.6 Å². The first-order valence-electron chi connectivity index (χ1n) is 9.82. The maximum absolute atomic E-state index is 11.8. The number of aryl methyl sites for hydroxylation is 1. The van der Waals surface area contributed by atoms with Gasteiger partial charge in [0.25, 0.3) is 0 Å². The Morgan fingerprint density at radius 1 is 1.03 bits per heavy atom. The summed E-state index contributed by atoms with van der Waals surface area (Å²) in [5.74, 6) is 2.08. The second kappa shape index (κ2) is 10.9. The third-order valence-electron chi connectivity index (χ3n) is 4.47. The topological polar surface area (TPSA) is 89.0 Å². The lowest BCUT2D eigenvalue weighted by molar-refractivity contribution is 0.294. The van der Waals surface area contributed by atoms with Gasteiger partial charge in [0.05, 0.1) is 18.6 Å². The van der Waals surface area contributed by atoms with Crippen molar-refractivity contribution in [2.24, 2.45) is 4.99 Å². The molecule has 8 heteroatoms. The largest absolute Gasteiger partial charge is 0.493 e. The van der Waals surface area contributed by atoms with Crippen LogP contribution in [0.15, 0.2) is 46.3 Å². The highest BCUT2D eigenvalue weighted by atomic mass is 32.2. The van der Waals surface area contributed by atoms with Crippen LogP contribution in [0.4, 0.5) is 0 Å². The molecule has 30 heavy (non-hydrogen) atoms. The Balaban J connectivity index is 1.96. The summed E-state index contributed by atoms with van der Waals surface area (Å²) in [6.07, 6.45) is 2.15. The Morgan fingerprint density at radius 2 is 1.67 bits per heavy atom. The van der Waals surface area contributed by atoms with E-state index in [0.717, 1.165) is 28.9 Å². The van der Waals surface area contributed by atoms with E-state index in [-0.39, 0.29) is 0 Å². The van der Waals surface area contributed by atoms with E-state index in [1.165, 1.54) is 6.26 Å². The number of benzene rings is 2. The molecule has 0 fully saturated rings. The van der Waals surface area contributed by atoms with E-state index in [2.05, 4.69) is 22.5 Å². The van der Waals surface area contributed by atoms with Gasteiger partial charge in [-0.2, -0.15) is 0 Å². The monoisotopic (exact) mass is 433 g/mol. The number of sulfone groups is 1. The van der Waals surface area contributed by atoms with Crippen LogP contribution in [0.5, 0.6) is 11.5 Å². The normalized spacial score (nSPS) is 11.8. The molecule has 0 unspecified atom stereocenters. The number of aliphatic imine (C=N–C) groups is 1. The lowest BCUT2D eigenvalue weighted by atomic mass is 10.1. The smallest absolute Gasteiger partial charge is 0.191 e. The molecule has 2 N–H and O–H groups in total. The van der Waals surface area contributed by atoms with Crippen LogP contribution in [-0.2, 0) is 22.9 Å². The summed E-state index contributed by atoms with van der Waals surface area (Å²) in [5, 5.41) is 6.51. The van der Waals surface area contributed by atoms with Crippen LogP contribution in [0.3, 0.4) is 0 Å². The lowest BCUT2D eigenvalue weighted by Gasteiger charge is -2.15. The lowest BCUT2D eigenvalue weighted by Crippen LogP contribution is -2.36. The molecule has 2 aromatic rings. The van der Waals surface area contributed by atoms with Gasteiger partial charge in [-0.25, -0.2) is 8.42 Å². The molecule has 0 aliphatic rings. The minimum absolute atomic E-state index is 0.356. The van der Waals surface area contributed by atoms with Gasteiger partial charge >= 0.3 is 0 Å². The molecule has 164 valence electrons. The highest BCUT2D eigenvalue weighted by Crippen LogP contribution is 2.28. The minimum Gasteiger partial charge on any atom is -0.493 e. The first kappa shape index (κ1) is 23.5. The molecule has 2 aromatic carbocycles. The van der Waals surface area contributed by atoms with E-state index < -0.39 is 9.84 Å². The first-order valence-corrected chi connectivity index (χ1v) is 11.7. The zero-order valence-electron chi connectivity index (χ0n) is 18.3. The van der Waals surface area contributed by atoms with Crippen molar-refractivity contribution in [3.8, 4) is 11.5 Å². The summed E-state index contributed by atoms with van der Waals surface area (Å²) < 4.78 is 34.6. The summed E-state index contributed by atoms with van der Waals surface area (Å²) in [6, 6.07) is 11.2. The van der Waals surface area contributed by atoms with Crippen molar-refractivity contribution < 1.29 is 17.9 Å². The molecule has 0 saturated heterocycles. The molecule has 0 bridgehead atoms. The summed E-state index contributed by atoms with van der Waals surface area (Å²) in [7, 11) is 0.116. The molecule has 0 aromatic heterocycles. The van der Waals surface area contributed by atoms with Gasteiger partial charge in [0.1, 0.15) is 0 Å². The number of nitrogens with one attached hydrogen (secondary N) is 2. The Hall–Kier alpha value is -2.74. The van der Waals surface area contributed by atoms with Crippen LogP contribution in [-0.4, -0.2) is 41.4 Å². The third-order valence-corrected chi connectivity index (χ3v) is 5.73. The van der Waals surface area contributed by atoms with Gasteiger partial charge in [-0.3, -0.25) is 4.99 Å². The number of rotatable bonds is 9. The molecule has 2 rings (SSSR count). The van der Waals surface area contributed by atoms with Gasteiger partial charge in [-0.15, -0.1) is 0 Å². The van der Waals surface area contributed by atoms with Crippen LogP contribution < -0.4 is 20.1 Å². The maximum Gasteiger partial charge on any atom is 0.191 e. The second-order valence-corrected chi connectivity index (χ2v) is 8.97. The van der Waals surface area contributed by atoms with Crippen molar-refractivity contribution >= 4 is 15.8 Å². The zero-order chi connectivity index (χ0) is 22.1. The fourth-order valence-electron chi connectivity index (χ4n) is 2.98. The van der Waals surface area contributed by atoms with Crippen LogP contribution in [0.2, 0.25) is 0 Å². The van der Waals surface area contributed by atoms with Crippen LogP contribution in [0, 0.1) is 6.92 Å². The molecule has 0 spiro atoms. The minimum atomic E-state index is -3.22. The van der Waals surface area contributed by atoms with E-state index in [9.17, 15) is 8.42 Å². The Kier molecular flexibility index (Phi) is 8.53. The second-order valence-electron chi connectivity index (χ2n) is 6.99. The van der Waals surface area contributed by atoms with Crippen LogP contribution >= 0.6 is 0 Å². The van der Waals surface area contributed by atoms with Crippen molar-refractivity contribution in [3.63, 3.8) is 0 Å². The highest BCUT2D eigenvalue weighted by Gasteiger charge is 2.11. The van der Waals surface area contributed by atoms with Gasteiger partial charge in [0, 0.05) is 26.4 Å². The van der Waals surface area contributed by atoms with E-state index in [0.29, 0.717) is 36.3 Å². The zero-order valence-corrected chi connectivity index (χ0v) is 19.1. The van der Waals surface area contributed by atoms with E-state index in [1.807, 2.05) is 30.3 Å². The van der Waals surface area contributed by atoms with Crippen LogP contribution in [0.1, 0.15) is 30.0 Å². The third kappa shape index (κ3) is 6.66. The predicted molar refractivity (Wildman–Crippen MR) is 120 cm³/mol. The molecular formula is C22H31N3O4S. The van der Waals surface area contributed by atoms with E-state index in [1.54, 1.807) is 27.1 Å². The van der Waals surface area contributed by atoms with Crippen molar-refractivity contribution in [2.75, 3.05) is 27.0 Å². The molecule has 0 amide bonds. The molecule has 0 saturated carbocycles. The highest BCUT2D eigenvalue weighted by molar-refractivity contribution is 7.90. The SMILES string of the molecule is CCCOc1ccc(CNC(=NC)NCc2ccc(S(C)(=O)=O)c(C)c2)cc1OC. The fraction of sp³-hybridized carbons (Fsp3) is 0.409. The van der Waals surface area contributed by atoms with Gasteiger partial charge in [0.15, 0.2) is 27.3 Å². The number of methoxy groups -OCH3 is 1. The molecule has 0 radical (unpaired) electrons. The quantitative estimate of drug-likeness (QED) is 0.467. The van der Waals surface area contributed by atoms with Crippen molar-refractivity contribution in [1.29, 1.82) is 0 Å². The molecule has 0 aliphatic carbocycles. The Bertz CT molecular complexity index is 988. The van der Waals surface area contributed by atoms with Gasteiger partial charge in [-0.05, 0) is 48.2 Å². The van der Waals surface area contributed by atoms with Crippen LogP contribution in [0.25, 0.3) is 0 Å².